The summed E-state index contributed by atoms with van der Waals surface area (Å²) >= 11 is 0. The van der Waals surface area contributed by atoms with Crippen LogP contribution in [0, 0.1) is 0 Å². The molecule has 0 aliphatic carbocycles. The molecule has 2 aromatic rings. The van der Waals surface area contributed by atoms with Crippen LogP contribution in [0.1, 0.15) is 60.4 Å². The molecule has 0 aliphatic heterocycles. The van der Waals surface area contributed by atoms with E-state index >= 15 is 0 Å². The molecule has 2 rings (SSSR count). The van der Waals surface area contributed by atoms with Gasteiger partial charge in [-0.15, -0.1) is 0 Å². The van der Waals surface area contributed by atoms with Gasteiger partial charge in [0.1, 0.15) is 5.82 Å². The number of hydrogen-bond donors (Lipinski definition) is 2. The molecule has 0 radical (unpaired) electrons. The second kappa shape index (κ2) is 10.4. The summed E-state index contributed by atoms with van der Waals surface area (Å²) in [6.07, 6.45) is 2.47. The molecule has 28 heavy (non-hydrogen) atoms. The van der Waals surface area contributed by atoms with Gasteiger partial charge in [0, 0.05) is 37.4 Å². The number of carbonyl (C=O) groups excluding carboxylic acids is 2. The van der Waals surface area contributed by atoms with Crippen molar-refractivity contribution in [1.29, 1.82) is 0 Å². The van der Waals surface area contributed by atoms with Gasteiger partial charge in [0.05, 0.1) is 5.56 Å². The van der Waals surface area contributed by atoms with E-state index in [9.17, 15) is 9.59 Å². The summed E-state index contributed by atoms with van der Waals surface area (Å²) in [5.41, 5.74) is 1.98. The third-order valence-corrected chi connectivity index (χ3v) is 4.73. The number of carbonyl (C=O) groups is 2. The second-order valence-corrected chi connectivity index (χ2v) is 6.74. The lowest BCUT2D eigenvalue weighted by Crippen LogP contribution is -2.32. The van der Waals surface area contributed by atoms with Crippen LogP contribution in [0.4, 0.5) is 5.82 Å². The fourth-order valence-electron chi connectivity index (χ4n) is 2.77. The Morgan fingerprint density at radius 2 is 1.79 bits per heavy atom. The average Bonchev–Trinajstić information content (AvgIpc) is 2.73. The molecular formula is C22H30N4O2. The van der Waals surface area contributed by atoms with Crippen molar-refractivity contribution in [2.24, 2.45) is 0 Å². The summed E-state index contributed by atoms with van der Waals surface area (Å²) in [7, 11) is 0. The minimum atomic E-state index is -0.187. The van der Waals surface area contributed by atoms with Crippen molar-refractivity contribution < 1.29 is 9.59 Å². The fourth-order valence-corrected chi connectivity index (χ4v) is 2.77. The van der Waals surface area contributed by atoms with Crippen molar-refractivity contribution in [3.8, 4) is 0 Å². The maximum absolute atomic E-state index is 12.4. The second-order valence-electron chi connectivity index (χ2n) is 6.74. The minimum Gasteiger partial charge on any atom is -0.357 e. The van der Waals surface area contributed by atoms with E-state index < -0.39 is 0 Å². The van der Waals surface area contributed by atoms with E-state index in [4.69, 9.17) is 0 Å². The summed E-state index contributed by atoms with van der Waals surface area (Å²) in [4.78, 5) is 31.2. The van der Waals surface area contributed by atoms with E-state index in [1.807, 2.05) is 32.0 Å². The molecule has 0 aliphatic rings. The number of amides is 2. The average molecular weight is 383 g/mol. The smallest absolute Gasteiger partial charge is 0.253 e. The molecule has 0 saturated carbocycles. The van der Waals surface area contributed by atoms with Gasteiger partial charge in [-0.2, -0.15) is 0 Å². The standard InChI is InChI=1S/C22H30N4O2/c1-5-16(4)25-22(28)18-10-8-9-17(13-18)14-24-21(27)19-11-12-20(23-15-19)26(6-2)7-3/h8-13,15-16H,5-7,14H2,1-4H3,(H,24,27)(H,25,28). The van der Waals surface area contributed by atoms with E-state index in [2.05, 4.69) is 34.4 Å². The summed E-state index contributed by atoms with van der Waals surface area (Å²) < 4.78 is 0. The van der Waals surface area contributed by atoms with E-state index in [1.54, 1.807) is 24.4 Å². The van der Waals surface area contributed by atoms with Crippen LogP contribution >= 0.6 is 0 Å². The first-order valence-electron chi connectivity index (χ1n) is 9.87. The predicted molar refractivity (Wildman–Crippen MR) is 113 cm³/mol. The van der Waals surface area contributed by atoms with Crippen LogP contribution in [-0.4, -0.2) is 35.9 Å². The lowest BCUT2D eigenvalue weighted by atomic mass is 10.1. The Morgan fingerprint density at radius 3 is 2.39 bits per heavy atom. The highest BCUT2D eigenvalue weighted by Crippen LogP contribution is 2.11. The summed E-state index contributed by atoms with van der Waals surface area (Å²) in [6.45, 7) is 10.2. The lowest BCUT2D eigenvalue weighted by molar-refractivity contribution is 0.0936. The number of benzene rings is 1. The molecule has 1 aromatic carbocycles. The van der Waals surface area contributed by atoms with Crippen LogP contribution in [-0.2, 0) is 6.54 Å². The fraction of sp³-hybridized carbons (Fsp3) is 0.409. The predicted octanol–water partition coefficient (Wildman–Crippen LogP) is 3.39. The first kappa shape index (κ1) is 21.4. The van der Waals surface area contributed by atoms with Crippen LogP contribution < -0.4 is 15.5 Å². The highest BCUT2D eigenvalue weighted by molar-refractivity contribution is 5.95. The molecule has 1 aromatic heterocycles. The number of pyridine rings is 1. The highest BCUT2D eigenvalue weighted by atomic mass is 16.2. The Balaban J connectivity index is 1.97. The van der Waals surface area contributed by atoms with Crippen LogP contribution in [0.2, 0.25) is 0 Å². The molecule has 0 bridgehead atoms. The molecule has 6 nitrogen and oxygen atoms in total. The molecule has 1 heterocycles. The number of aromatic nitrogens is 1. The molecule has 0 fully saturated rings. The number of anilines is 1. The Kier molecular flexibility index (Phi) is 7.99. The lowest BCUT2D eigenvalue weighted by Gasteiger charge is -2.19. The largest absolute Gasteiger partial charge is 0.357 e. The molecule has 150 valence electrons. The number of rotatable bonds is 9. The SMILES string of the molecule is CCC(C)NC(=O)c1cccc(CNC(=O)c2ccc(N(CC)CC)nc2)c1. The van der Waals surface area contributed by atoms with Gasteiger partial charge in [0.15, 0.2) is 0 Å². The van der Waals surface area contributed by atoms with Gasteiger partial charge < -0.3 is 15.5 Å². The molecule has 6 heteroatoms. The monoisotopic (exact) mass is 382 g/mol. The molecule has 0 spiro atoms. The maximum Gasteiger partial charge on any atom is 0.253 e. The van der Waals surface area contributed by atoms with Crippen LogP contribution in [0.5, 0.6) is 0 Å². The first-order valence-corrected chi connectivity index (χ1v) is 9.87. The van der Waals surface area contributed by atoms with Gasteiger partial charge in [-0.1, -0.05) is 19.1 Å². The highest BCUT2D eigenvalue weighted by Gasteiger charge is 2.11. The van der Waals surface area contributed by atoms with Crippen molar-refractivity contribution in [1.82, 2.24) is 15.6 Å². The summed E-state index contributed by atoms with van der Waals surface area (Å²) in [6, 6.07) is 11.1. The van der Waals surface area contributed by atoms with Gasteiger partial charge >= 0.3 is 0 Å². The zero-order valence-electron chi connectivity index (χ0n) is 17.2. The van der Waals surface area contributed by atoms with Crippen LogP contribution in [0.3, 0.4) is 0 Å². The number of nitrogens with zero attached hydrogens (tertiary/aromatic N) is 2. The summed E-state index contributed by atoms with van der Waals surface area (Å²) in [5, 5.41) is 5.83. The minimum absolute atomic E-state index is 0.0984. The zero-order chi connectivity index (χ0) is 20.5. The Labute approximate surface area is 167 Å². The number of hydrogen-bond acceptors (Lipinski definition) is 4. The van der Waals surface area contributed by atoms with Crippen LogP contribution in [0.25, 0.3) is 0 Å². The first-order chi connectivity index (χ1) is 13.5. The van der Waals surface area contributed by atoms with Crippen molar-refractivity contribution in [2.45, 2.75) is 46.7 Å². The van der Waals surface area contributed by atoms with Gasteiger partial charge in [0.2, 0.25) is 0 Å². The van der Waals surface area contributed by atoms with Gasteiger partial charge in [-0.25, -0.2) is 4.98 Å². The molecule has 0 saturated heterocycles. The van der Waals surface area contributed by atoms with Gasteiger partial charge in [0.25, 0.3) is 11.8 Å². The van der Waals surface area contributed by atoms with Crippen molar-refractivity contribution in [3.05, 3.63) is 59.3 Å². The Hall–Kier alpha value is -2.89. The zero-order valence-corrected chi connectivity index (χ0v) is 17.2. The van der Waals surface area contributed by atoms with Crippen molar-refractivity contribution in [3.63, 3.8) is 0 Å². The molecule has 1 unspecified atom stereocenters. The normalized spacial score (nSPS) is 11.6. The quantitative estimate of drug-likeness (QED) is 0.697. The molecule has 1 atom stereocenters. The Bertz CT molecular complexity index is 785. The van der Waals surface area contributed by atoms with Gasteiger partial charge in [-0.3, -0.25) is 9.59 Å². The number of nitrogens with one attached hydrogen (secondary N) is 2. The van der Waals surface area contributed by atoms with E-state index in [0.717, 1.165) is 30.9 Å². The molecular weight excluding hydrogens is 352 g/mol. The van der Waals surface area contributed by atoms with E-state index in [0.29, 0.717) is 17.7 Å². The third kappa shape index (κ3) is 5.81. The van der Waals surface area contributed by atoms with Gasteiger partial charge in [-0.05, 0) is 57.0 Å². The Morgan fingerprint density at radius 1 is 1.04 bits per heavy atom. The van der Waals surface area contributed by atoms with Crippen LogP contribution in [0.15, 0.2) is 42.6 Å². The van der Waals surface area contributed by atoms with E-state index in [1.165, 1.54) is 0 Å². The summed E-state index contributed by atoms with van der Waals surface area (Å²) in [5.74, 6) is 0.577. The van der Waals surface area contributed by atoms with E-state index in [-0.39, 0.29) is 17.9 Å². The topological polar surface area (TPSA) is 74.3 Å². The van der Waals surface area contributed by atoms with Crippen molar-refractivity contribution in [2.75, 3.05) is 18.0 Å². The molecule has 2 N–H and O–H groups in total. The maximum atomic E-state index is 12.4. The van der Waals surface area contributed by atoms with Crippen molar-refractivity contribution >= 4 is 17.6 Å². The third-order valence-electron chi connectivity index (χ3n) is 4.73. The molecule has 2 amide bonds.